The minimum Gasteiger partial charge on any atom is -0.320 e. The van der Waals surface area contributed by atoms with Crippen LogP contribution < -0.4 is 10.6 Å². The largest absolute Gasteiger partial charge is 0.320 e. The summed E-state index contributed by atoms with van der Waals surface area (Å²) in [4.78, 5) is 14.4. The third-order valence-corrected chi connectivity index (χ3v) is 4.24. The second kappa shape index (κ2) is 6.91. The van der Waals surface area contributed by atoms with Crippen molar-refractivity contribution in [3.05, 3.63) is 40.1 Å². The molecular weight excluding hydrogens is 305 g/mol. The Kier molecular flexibility index (Phi) is 4.71. The second-order valence-electron chi connectivity index (χ2n) is 4.99. The number of aromatic nitrogens is 2. The highest BCUT2D eigenvalue weighted by atomic mass is 32.1. The zero-order chi connectivity index (χ0) is 15.4. The number of carbonyl (C=O) groups excluding carboxylic acids is 1. The summed E-state index contributed by atoms with van der Waals surface area (Å²) in [6.45, 7) is 4.59. The normalized spacial score (nSPS) is 15.7. The van der Waals surface area contributed by atoms with Gasteiger partial charge in [-0.3, -0.25) is 9.69 Å². The molecule has 3 rings (SSSR count). The van der Waals surface area contributed by atoms with E-state index in [1.807, 2.05) is 0 Å². The minimum absolute atomic E-state index is 0.314. The third-order valence-electron chi connectivity index (χ3n) is 3.33. The van der Waals surface area contributed by atoms with Crippen LogP contribution in [-0.4, -0.2) is 47.2 Å². The molecule has 0 atom stereocenters. The van der Waals surface area contributed by atoms with E-state index >= 15 is 0 Å². The Bertz CT molecular complexity index is 639. The van der Waals surface area contributed by atoms with Gasteiger partial charge in [0.1, 0.15) is 10.8 Å². The van der Waals surface area contributed by atoms with Crippen LogP contribution in [0.3, 0.4) is 0 Å². The lowest BCUT2D eigenvalue weighted by Gasteiger charge is -2.25. The van der Waals surface area contributed by atoms with Crippen LogP contribution in [0.4, 0.5) is 10.1 Å². The van der Waals surface area contributed by atoms with Crippen molar-refractivity contribution in [2.24, 2.45) is 0 Å². The zero-order valence-electron chi connectivity index (χ0n) is 11.9. The number of nitrogens with zero attached hydrogens (tertiary/aromatic N) is 3. The molecule has 2 N–H and O–H groups in total. The van der Waals surface area contributed by atoms with E-state index in [1.54, 1.807) is 0 Å². The van der Waals surface area contributed by atoms with E-state index in [1.165, 1.54) is 35.6 Å². The SMILES string of the molecule is O=C(Nc1ccc(F)cc1)c1nnc(CN2CCNCC2)s1. The third kappa shape index (κ3) is 3.85. The summed E-state index contributed by atoms with van der Waals surface area (Å²) in [5, 5.41) is 15.1. The number of benzene rings is 1. The van der Waals surface area contributed by atoms with Crippen LogP contribution in [0.15, 0.2) is 24.3 Å². The zero-order valence-corrected chi connectivity index (χ0v) is 12.7. The summed E-state index contributed by atoms with van der Waals surface area (Å²) in [7, 11) is 0. The molecule has 116 valence electrons. The molecule has 0 radical (unpaired) electrons. The summed E-state index contributed by atoms with van der Waals surface area (Å²) >= 11 is 1.29. The molecule has 0 spiro atoms. The van der Waals surface area contributed by atoms with Gasteiger partial charge in [0.15, 0.2) is 0 Å². The van der Waals surface area contributed by atoms with Crippen LogP contribution in [0.2, 0.25) is 0 Å². The second-order valence-corrected chi connectivity index (χ2v) is 6.05. The summed E-state index contributed by atoms with van der Waals surface area (Å²) in [6, 6.07) is 5.61. The Labute approximate surface area is 131 Å². The number of rotatable bonds is 4. The Morgan fingerprint density at radius 1 is 1.27 bits per heavy atom. The first kappa shape index (κ1) is 15.0. The van der Waals surface area contributed by atoms with E-state index in [-0.39, 0.29) is 11.7 Å². The Balaban J connectivity index is 1.60. The Hall–Kier alpha value is -1.90. The van der Waals surface area contributed by atoms with E-state index in [2.05, 4.69) is 25.7 Å². The van der Waals surface area contributed by atoms with Crippen LogP contribution >= 0.6 is 11.3 Å². The van der Waals surface area contributed by atoms with Gasteiger partial charge in [-0.05, 0) is 24.3 Å². The van der Waals surface area contributed by atoms with E-state index in [0.717, 1.165) is 31.2 Å². The Morgan fingerprint density at radius 3 is 2.73 bits per heavy atom. The van der Waals surface area contributed by atoms with Gasteiger partial charge in [-0.1, -0.05) is 11.3 Å². The summed E-state index contributed by atoms with van der Waals surface area (Å²) in [5.41, 5.74) is 0.533. The summed E-state index contributed by atoms with van der Waals surface area (Å²) in [6.07, 6.45) is 0. The highest BCUT2D eigenvalue weighted by Crippen LogP contribution is 2.15. The van der Waals surface area contributed by atoms with Crippen LogP contribution in [0.1, 0.15) is 14.8 Å². The van der Waals surface area contributed by atoms with E-state index in [4.69, 9.17) is 0 Å². The number of hydrogen-bond acceptors (Lipinski definition) is 6. The number of hydrogen-bond donors (Lipinski definition) is 2. The summed E-state index contributed by atoms with van der Waals surface area (Å²) < 4.78 is 12.8. The van der Waals surface area contributed by atoms with Gasteiger partial charge < -0.3 is 10.6 Å². The van der Waals surface area contributed by atoms with Gasteiger partial charge in [0, 0.05) is 31.9 Å². The van der Waals surface area contributed by atoms with Gasteiger partial charge in [-0.25, -0.2) is 4.39 Å². The monoisotopic (exact) mass is 321 g/mol. The van der Waals surface area contributed by atoms with Gasteiger partial charge in [-0.15, -0.1) is 10.2 Å². The van der Waals surface area contributed by atoms with Crippen molar-refractivity contribution in [1.82, 2.24) is 20.4 Å². The molecule has 6 nitrogen and oxygen atoms in total. The molecule has 22 heavy (non-hydrogen) atoms. The lowest BCUT2D eigenvalue weighted by molar-refractivity contribution is 0.102. The standard InChI is InChI=1S/C14H16FN5OS/c15-10-1-3-11(4-2-10)17-13(21)14-19-18-12(22-14)9-20-7-5-16-6-8-20/h1-4,16H,5-9H2,(H,17,21). The van der Waals surface area contributed by atoms with Crippen LogP contribution in [0.25, 0.3) is 0 Å². The maximum atomic E-state index is 12.8. The van der Waals surface area contributed by atoms with E-state index in [9.17, 15) is 9.18 Å². The maximum absolute atomic E-state index is 12.8. The van der Waals surface area contributed by atoms with Gasteiger partial charge in [-0.2, -0.15) is 0 Å². The molecule has 1 amide bonds. The number of anilines is 1. The first-order valence-electron chi connectivity index (χ1n) is 7.03. The minimum atomic E-state index is -0.341. The van der Waals surface area contributed by atoms with Crippen molar-refractivity contribution >= 4 is 22.9 Å². The van der Waals surface area contributed by atoms with Gasteiger partial charge in [0.25, 0.3) is 5.91 Å². The fraction of sp³-hybridized carbons (Fsp3) is 0.357. The van der Waals surface area contributed by atoms with Crippen molar-refractivity contribution in [2.75, 3.05) is 31.5 Å². The quantitative estimate of drug-likeness (QED) is 0.889. The summed E-state index contributed by atoms with van der Waals surface area (Å²) in [5.74, 6) is -0.664. The van der Waals surface area contributed by atoms with Gasteiger partial charge >= 0.3 is 0 Å². The molecule has 1 aromatic carbocycles. The predicted molar refractivity (Wildman–Crippen MR) is 82.4 cm³/mol. The molecule has 2 heterocycles. The lowest BCUT2D eigenvalue weighted by atomic mass is 10.3. The topological polar surface area (TPSA) is 70.2 Å². The average molecular weight is 321 g/mol. The number of halogens is 1. The fourth-order valence-electron chi connectivity index (χ4n) is 2.19. The molecule has 0 saturated carbocycles. The maximum Gasteiger partial charge on any atom is 0.286 e. The fourth-order valence-corrected chi connectivity index (χ4v) is 2.96. The molecule has 1 aromatic heterocycles. The van der Waals surface area contributed by atoms with Crippen LogP contribution in [0, 0.1) is 5.82 Å². The van der Waals surface area contributed by atoms with Crippen LogP contribution in [-0.2, 0) is 6.54 Å². The first-order valence-corrected chi connectivity index (χ1v) is 7.85. The number of carbonyl (C=O) groups is 1. The van der Waals surface area contributed by atoms with Crippen molar-refractivity contribution in [1.29, 1.82) is 0 Å². The molecule has 0 aliphatic carbocycles. The number of amides is 1. The van der Waals surface area contributed by atoms with Crippen molar-refractivity contribution in [3.63, 3.8) is 0 Å². The van der Waals surface area contributed by atoms with Crippen molar-refractivity contribution in [2.45, 2.75) is 6.54 Å². The average Bonchev–Trinajstić information content (AvgIpc) is 2.99. The number of nitrogens with one attached hydrogen (secondary N) is 2. The molecule has 1 aliphatic rings. The molecule has 1 aliphatic heterocycles. The molecule has 0 unspecified atom stereocenters. The first-order chi connectivity index (χ1) is 10.7. The predicted octanol–water partition coefficient (Wildman–Crippen LogP) is 1.33. The van der Waals surface area contributed by atoms with Crippen molar-refractivity contribution in [3.8, 4) is 0 Å². The van der Waals surface area contributed by atoms with Crippen LogP contribution in [0.5, 0.6) is 0 Å². The Morgan fingerprint density at radius 2 is 2.00 bits per heavy atom. The van der Waals surface area contributed by atoms with Gasteiger partial charge in [0.2, 0.25) is 5.01 Å². The highest BCUT2D eigenvalue weighted by Gasteiger charge is 2.16. The molecule has 1 saturated heterocycles. The molecule has 2 aromatic rings. The smallest absolute Gasteiger partial charge is 0.286 e. The molecular formula is C14H16FN5OS. The number of piperazine rings is 1. The molecule has 1 fully saturated rings. The van der Waals surface area contributed by atoms with Gasteiger partial charge in [0.05, 0.1) is 6.54 Å². The van der Waals surface area contributed by atoms with Crippen molar-refractivity contribution < 1.29 is 9.18 Å². The lowest BCUT2D eigenvalue weighted by Crippen LogP contribution is -2.42. The van der Waals surface area contributed by atoms with E-state index in [0.29, 0.717) is 17.2 Å². The molecule has 0 bridgehead atoms. The molecule has 8 heteroatoms. The van der Waals surface area contributed by atoms with E-state index < -0.39 is 0 Å². The highest BCUT2D eigenvalue weighted by molar-refractivity contribution is 7.13.